The van der Waals surface area contributed by atoms with Crippen LogP contribution in [0.15, 0.2) is 24.3 Å². The number of nitrogens with zero attached hydrogens (tertiary/aromatic N) is 3. The zero-order valence-corrected chi connectivity index (χ0v) is 13.9. The molecule has 21 heavy (non-hydrogen) atoms. The minimum absolute atomic E-state index is 0.354. The van der Waals surface area contributed by atoms with Gasteiger partial charge in [-0.1, -0.05) is 17.3 Å². The maximum atomic E-state index is 12.0. The third kappa shape index (κ3) is 3.25. The average Bonchev–Trinajstić information content (AvgIpc) is 3.22. The summed E-state index contributed by atoms with van der Waals surface area (Å²) in [4.78, 5) is 12.0. The largest absolute Gasteiger partial charge is 0.461 e. The van der Waals surface area contributed by atoms with Crippen molar-refractivity contribution in [1.29, 1.82) is 0 Å². The summed E-state index contributed by atoms with van der Waals surface area (Å²) in [5.41, 5.74) is 2.45. The van der Waals surface area contributed by atoms with E-state index in [4.69, 9.17) is 4.74 Å². The van der Waals surface area contributed by atoms with Gasteiger partial charge in [0, 0.05) is 9.49 Å². The summed E-state index contributed by atoms with van der Waals surface area (Å²) in [5, 5.41) is 8.21. The number of ether oxygens (including phenoxy) is 1. The van der Waals surface area contributed by atoms with E-state index in [1.807, 2.05) is 4.68 Å². The van der Waals surface area contributed by atoms with E-state index in [1.54, 1.807) is 6.92 Å². The van der Waals surface area contributed by atoms with E-state index < -0.39 is 0 Å². The molecule has 0 amide bonds. The first kappa shape index (κ1) is 14.5. The van der Waals surface area contributed by atoms with Crippen LogP contribution in [-0.2, 0) is 11.3 Å². The van der Waals surface area contributed by atoms with Crippen molar-refractivity contribution in [3.05, 3.63) is 44.8 Å². The molecule has 1 aromatic carbocycles. The summed E-state index contributed by atoms with van der Waals surface area (Å²) in [6, 6.07) is 8.28. The molecule has 0 N–H and O–H groups in total. The third-order valence-corrected chi connectivity index (χ3v) is 4.17. The molecule has 5 nitrogen and oxygen atoms in total. The summed E-state index contributed by atoms with van der Waals surface area (Å²) < 4.78 is 8.11. The fourth-order valence-electron chi connectivity index (χ4n) is 2.31. The normalized spacial score (nSPS) is 14.2. The molecular weight excluding hydrogens is 381 g/mol. The number of benzene rings is 1. The second-order valence-electron chi connectivity index (χ2n) is 5.10. The molecule has 3 rings (SSSR count). The molecule has 1 aliphatic rings. The van der Waals surface area contributed by atoms with Crippen molar-refractivity contribution in [2.45, 2.75) is 32.2 Å². The maximum absolute atomic E-state index is 12.0. The van der Waals surface area contributed by atoms with Crippen LogP contribution in [0.4, 0.5) is 0 Å². The van der Waals surface area contributed by atoms with Crippen LogP contribution in [0.5, 0.6) is 0 Å². The van der Waals surface area contributed by atoms with Crippen LogP contribution in [0.3, 0.4) is 0 Å². The highest BCUT2D eigenvalue weighted by molar-refractivity contribution is 14.1. The minimum Gasteiger partial charge on any atom is -0.461 e. The predicted octanol–water partition coefficient (Wildman–Crippen LogP) is 2.99. The molecule has 2 aromatic rings. The molecule has 1 fully saturated rings. The van der Waals surface area contributed by atoms with Crippen LogP contribution < -0.4 is 0 Å². The number of halogens is 1. The number of aromatic nitrogens is 3. The van der Waals surface area contributed by atoms with Crippen molar-refractivity contribution in [2.75, 3.05) is 6.61 Å². The lowest BCUT2D eigenvalue weighted by Crippen LogP contribution is -2.11. The van der Waals surface area contributed by atoms with E-state index in [0.29, 0.717) is 24.8 Å². The molecule has 0 saturated heterocycles. The van der Waals surface area contributed by atoms with Gasteiger partial charge in [-0.25, -0.2) is 9.48 Å². The Hall–Kier alpha value is -1.44. The van der Waals surface area contributed by atoms with Crippen LogP contribution in [0.1, 0.15) is 47.4 Å². The van der Waals surface area contributed by atoms with E-state index >= 15 is 0 Å². The summed E-state index contributed by atoms with van der Waals surface area (Å²) in [7, 11) is 0. The number of esters is 1. The highest BCUT2D eigenvalue weighted by atomic mass is 127. The van der Waals surface area contributed by atoms with Gasteiger partial charge >= 0.3 is 5.97 Å². The highest BCUT2D eigenvalue weighted by Crippen LogP contribution is 2.41. The molecule has 1 saturated carbocycles. The maximum Gasteiger partial charge on any atom is 0.360 e. The van der Waals surface area contributed by atoms with E-state index in [9.17, 15) is 4.79 Å². The Morgan fingerprint density at radius 2 is 2.10 bits per heavy atom. The van der Waals surface area contributed by atoms with Crippen molar-refractivity contribution in [1.82, 2.24) is 15.0 Å². The standard InChI is InChI=1S/C15H16IN3O2/c1-2-21-15(20)13-14(11-5-6-11)19(18-17-13)9-10-3-7-12(16)8-4-10/h3-4,7-8,11H,2,5-6,9H2,1H3. The summed E-state index contributed by atoms with van der Waals surface area (Å²) in [5.74, 6) is 0.0246. The van der Waals surface area contributed by atoms with Crippen LogP contribution >= 0.6 is 22.6 Å². The van der Waals surface area contributed by atoms with Gasteiger partial charge in [-0.2, -0.15) is 0 Å². The Morgan fingerprint density at radius 1 is 1.38 bits per heavy atom. The first-order valence-corrected chi connectivity index (χ1v) is 8.12. The van der Waals surface area contributed by atoms with Crippen LogP contribution in [-0.4, -0.2) is 27.6 Å². The van der Waals surface area contributed by atoms with Crippen molar-refractivity contribution in [3.63, 3.8) is 0 Å². The van der Waals surface area contributed by atoms with Gasteiger partial charge in [-0.15, -0.1) is 5.10 Å². The fourth-order valence-corrected chi connectivity index (χ4v) is 2.67. The van der Waals surface area contributed by atoms with Crippen LogP contribution in [0.25, 0.3) is 0 Å². The van der Waals surface area contributed by atoms with Gasteiger partial charge < -0.3 is 4.74 Å². The number of carbonyl (C=O) groups is 1. The first-order chi connectivity index (χ1) is 10.2. The zero-order valence-electron chi connectivity index (χ0n) is 11.8. The number of carbonyl (C=O) groups excluding carboxylic acids is 1. The van der Waals surface area contributed by atoms with Crippen molar-refractivity contribution in [3.8, 4) is 0 Å². The monoisotopic (exact) mass is 397 g/mol. The Bertz CT molecular complexity index is 647. The molecular formula is C15H16IN3O2. The first-order valence-electron chi connectivity index (χ1n) is 7.04. The SMILES string of the molecule is CCOC(=O)c1nnn(Cc2ccc(I)cc2)c1C1CC1. The molecule has 0 unspecified atom stereocenters. The zero-order chi connectivity index (χ0) is 14.8. The molecule has 1 aliphatic carbocycles. The van der Waals surface area contributed by atoms with E-state index in [2.05, 4.69) is 57.2 Å². The van der Waals surface area contributed by atoms with Gasteiger partial charge in [0.2, 0.25) is 0 Å². The summed E-state index contributed by atoms with van der Waals surface area (Å²) in [6.07, 6.45) is 2.18. The molecule has 1 heterocycles. The fraction of sp³-hybridized carbons (Fsp3) is 0.400. The topological polar surface area (TPSA) is 57.0 Å². The predicted molar refractivity (Wildman–Crippen MR) is 86.2 cm³/mol. The van der Waals surface area contributed by atoms with Gasteiger partial charge in [0.05, 0.1) is 18.8 Å². The van der Waals surface area contributed by atoms with E-state index in [-0.39, 0.29) is 5.97 Å². The Balaban J connectivity index is 1.88. The second kappa shape index (κ2) is 6.13. The van der Waals surface area contributed by atoms with Gasteiger partial charge in [0.25, 0.3) is 0 Å². The Labute approximate surface area is 136 Å². The Kier molecular flexibility index (Phi) is 4.23. The minimum atomic E-state index is -0.367. The summed E-state index contributed by atoms with van der Waals surface area (Å²) >= 11 is 2.28. The van der Waals surface area contributed by atoms with Gasteiger partial charge in [-0.05, 0) is 60.1 Å². The molecule has 1 aromatic heterocycles. The smallest absolute Gasteiger partial charge is 0.360 e. The molecule has 0 spiro atoms. The van der Waals surface area contributed by atoms with Crippen LogP contribution in [0, 0.1) is 3.57 Å². The van der Waals surface area contributed by atoms with Gasteiger partial charge in [0.1, 0.15) is 0 Å². The molecule has 0 bridgehead atoms. The summed E-state index contributed by atoms with van der Waals surface area (Å²) in [6.45, 7) is 2.78. The number of hydrogen-bond donors (Lipinski definition) is 0. The van der Waals surface area contributed by atoms with Crippen LogP contribution in [0.2, 0.25) is 0 Å². The van der Waals surface area contributed by atoms with Crippen molar-refractivity contribution >= 4 is 28.6 Å². The molecule has 110 valence electrons. The Morgan fingerprint density at radius 3 is 2.71 bits per heavy atom. The lowest BCUT2D eigenvalue weighted by atomic mass is 10.2. The van der Waals surface area contributed by atoms with Crippen molar-refractivity contribution in [2.24, 2.45) is 0 Å². The third-order valence-electron chi connectivity index (χ3n) is 3.45. The van der Waals surface area contributed by atoms with Gasteiger partial charge in [0.15, 0.2) is 5.69 Å². The van der Waals surface area contributed by atoms with Crippen molar-refractivity contribution < 1.29 is 9.53 Å². The molecule has 0 atom stereocenters. The highest BCUT2D eigenvalue weighted by Gasteiger charge is 2.34. The second-order valence-corrected chi connectivity index (χ2v) is 6.35. The van der Waals surface area contributed by atoms with E-state index in [1.165, 1.54) is 3.57 Å². The molecule has 0 aliphatic heterocycles. The lowest BCUT2D eigenvalue weighted by molar-refractivity contribution is 0.0518. The quantitative estimate of drug-likeness (QED) is 0.575. The number of rotatable bonds is 5. The van der Waals surface area contributed by atoms with E-state index in [0.717, 1.165) is 24.1 Å². The van der Waals surface area contributed by atoms with Gasteiger partial charge in [-0.3, -0.25) is 0 Å². The number of hydrogen-bond acceptors (Lipinski definition) is 4. The molecule has 0 radical (unpaired) electrons. The molecule has 6 heteroatoms. The lowest BCUT2D eigenvalue weighted by Gasteiger charge is -2.07. The average molecular weight is 397 g/mol.